The standard InChI is InChI=1S/C11H20ClNO2S/c1-11(5-4-6-16-11)10(14)13(2)7-9(12)8-15-3/h9H,4-8H2,1-3H3. The summed E-state index contributed by atoms with van der Waals surface area (Å²) in [6.07, 6.45) is 2.10. The molecule has 0 aliphatic carbocycles. The van der Waals surface area contributed by atoms with Gasteiger partial charge in [-0.2, -0.15) is 0 Å². The Balaban J connectivity index is 2.46. The molecule has 1 heterocycles. The van der Waals surface area contributed by atoms with E-state index in [-0.39, 0.29) is 16.0 Å². The quantitative estimate of drug-likeness (QED) is 0.712. The number of rotatable bonds is 5. The zero-order valence-corrected chi connectivity index (χ0v) is 11.7. The van der Waals surface area contributed by atoms with Gasteiger partial charge in [0, 0.05) is 20.7 Å². The molecule has 0 aromatic heterocycles. The minimum absolute atomic E-state index is 0.131. The second-order valence-corrected chi connectivity index (χ2v) is 6.64. The number of nitrogens with zero attached hydrogens (tertiary/aromatic N) is 1. The molecule has 0 saturated carbocycles. The molecule has 0 aromatic carbocycles. The Morgan fingerprint density at radius 1 is 1.69 bits per heavy atom. The summed E-state index contributed by atoms with van der Waals surface area (Å²) < 4.78 is 4.72. The monoisotopic (exact) mass is 265 g/mol. The van der Waals surface area contributed by atoms with Crippen LogP contribution >= 0.6 is 23.4 Å². The molecule has 0 radical (unpaired) electrons. The van der Waals surface area contributed by atoms with E-state index in [1.54, 1.807) is 23.8 Å². The maximum atomic E-state index is 12.2. The van der Waals surface area contributed by atoms with Crippen molar-refractivity contribution in [1.82, 2.24) is 4.90 Å². The van der Waals surface area contributed by atoms with Crippen molar-refractivity contribution in [3.8, 4) is 0 Å². The van der Waals surface area contributed by atoms with Crippen molar-refractivity contribution in [1.29, 1.82) is 0 Å². The Bertz CT molecular complexity index is 244. The average molecular weight is 266 g/mol. The minimum Gasteiger partial charge on any atom is -0.383 e. The molecular weight excluding hydrogens is 246 g/mol. The Hall–Kier alpha value is 0.0700. The zero-order chi connectivity index (χ0) is 12.2. The SMILES string of the molecule is COCC(Cl)CN(C)C(=O)C1(C)CCCS1. The predicted octanol–water partition coefficient (Wildman–Crippen LogP) is 1.98. The third kappa shape index (κ3) is 3.54. The Morgan fingerprint density at radius 3 is 2.88 bits per heavy atom. The number of hydrogen-bond donors (Lipinski definition) is 0. The van der Waals surface area contributed by atoms with Gasteiger partial charge < -0.3 is 9.64 Å². The molecule has 0 spiro atoms. The minimum atomic E-state index is -0.238. The topological polar surface area (TPSA) is 29.5 Å². The smallest absolute Gasteiger partial charge is 0.238 e. The van der Waals surface area contributed by atoms with Crippen molar-refractivity contribution in [3.05, 3.63) is 0 Å². The Labute approximate surface area is 107 Å². The van der Waals surface area contributed by atoms with Crippen LogP contribution < -0.4 is 0 Å². The summed E-state index contributed by atoms with van der Waals surface area (Å²) in [6.45, 7) is 3.05. The van der Waals surface area contributed by atoms with Crippen LogP contribution in [0.4, 0.5) is 0 Å². The van der Waals surface area contributed by atoms with Gasteiger partial charge in [-0.3, -0.25) is 4.79 Å². The zero-order valence-electron chi connectivity index (χ0n) is 10.2. The lowest BCUT2D eigenvalue weighted by atomic mass is 10.0. The van der Waals surface area contributed by atoms with Crippen LogP contribution in [0, 0.1) is 0 Å². The Morgan fingerprint density at radius 2 is 2.38 bits per heavy atom. The van der Waals surface area contributed by atoms with Crippen molar-refractivity contribution in [2.75, 3.05) is 33.1 Å². The largest absolute Gasteiger partial charge is 0.383 e. The molecule has 1 aliphatic rings. The fourth-order valence-corrected chi connectivity index (χ4v) is 3.61. The van der Waals surface area contributed by atoms with Crippen LogP contribution in [-0.4, -0.2) is 54.0 Å². The fourth-order valence-electron chi connectivity index (χ4n) is 1.97. The first kappa shape index (κ1) is 14.1. The number of thioether (sulfide) groups is 1. The molecule has 1 rings (SSSR count). The Kier molecular flexibility index (Phi) is 5.41. The summed E-state index contributed by atoms with van der Waals surface area (Å²) in [5.41, 5.74) is 0. The van der Waals surface area contributed by atoms with E-state index < -0.39 is 0 Å². The first-order valence-corrected chi connectivity index (χ1v) is 6.94. The van der Waals surface area contributed by atoms with Gasteiger partial charge in [-0.15, -0.1) is 23.4 Å². The van der Waals surface area contributed by atoms with Gasteiger partial charge >= 0.3 is 0 Å². The number of ether oxygens (including phenoxy) is 1. The van der Waals surface area contributed by atoms with Gasteiger partial charge in [0.1, 0.15) is 0 Å². The molecule has 0 bridgehead atoms. The van der Waals surface area contributed by atoms with E-state index in [1.165, 1.54) is 0 Å². The molecule has 5 heteroatoms. The molecule has 1 saturated heterocycles. The van der Waals surface area contributed by atoms with Gasteiger partial charge in [-0.05, 0) is 25.5 Å². The lowest BCUT2D eigenvalue weighted by Crippen LogP contribution is -2.44. The van der Waals surface area contributed by atoms with Crippen LogP contribution in [-0.2, 0) is 9.53 Å². The number of carbonyl (C=O) groups is 1. The fraction of sp³-hybridized carbons (Fsp3) is 0.909. The van der Waals surface area contributed by atoms with Gasteiger partial charge in [-0.25, -0.2) is 0 Å². The third-order valence-corrected chi connectivity index (χ3v) is 4.61. The molecule has 3 nitrogen and oxygen atoms in total. The lowest BCUT2D eigenvalue weighted by Gasteiger charge is -2.29. The van der Waals surface area contributed by atoms with E-state index in [9.17, 15) is 4.79 Å². The summed E-state index contributed by atoms with van der Waals surface area (Å²) in [5, 5.41) is -0.131. The number of halogens is 1. The number of carbonyl (C=O) groups excluding carboxylic acids is 1. The summed E-state index contributed by atoms with van der Waals surface area (Å²) in [4.78, 5) is 13.9. The molecule has 16 heavy (non-hydrogen) atoms. The molecule has 2 unspecified atom stereocenters. The average Bonchev–Trinajstić information content (AvgIpc) is 2.65. The first-order valence-electron chi connectivity index (χ1n) is 5.52. The normalized spacial score (nSPS) is 26.8. The number of amides is 1. The second-order valence-electron chi connectivity index (χ2n) is 4.42. The van der Waals surface area contributed by atoms with Crippen LogP contribution in [0.2, 0.25) is 0 Å². The van der Waals surface area contributed by atoms with Crippen molar-refractivity contribution < 1.29 is 9.53 Å². The lowest BCUT2D eigenvalue weighted by molar-refractivity contribution is -0.132. The summed E-state index contributed by atoms with van der Waals surface area (Å²) in [6, 6.07) is 0. The van der Waals surface area contributed by atoms with Gasteiger partial charge in [0.05, 0.1) is 16.7 Å². The van der Waals surface area contributed by atoms with Crippen molar-refractivity contribution in [2.24, 2.45) is 0 Å². The highest BCUT2D eigenvalue weighted by Gasteiger charge is 2.39. The number of methoxy groups -OCH3 is 1. The van der Waals surface area contributed by atoms with E-state index in [4.69, 9.17) is 16.3 Å². The number of alkyl halides is 1. The number of hydrogen-bond acceptors (Lipinski definition) is 3. The second kappa shape index (κ2) is 6.12. The molecule has 1 amide bonds. The van der Waals surface area contributed by atoms with Crippen LogP contribution in [0.1, 0.15) is 19.8 Å². The highest BCUT2D eigenvalue weighted by Crippen LogP contribution is 2.38. The molecule has 0 N–H and O–H groups in total. The molecule has 1 fully saturated rings. The van der Waals surface area contributed by atoms with E-state index in [0.717, 1.165) is 18.6 Å². The third-order valence-electron chi connectivity index (χ3n) is 2.84. The first-order chi connectivity index (χ1) is 7.49. The van der Waals surface area contributed by atoms with Gasteiger partial charge in [0.15, 0.2) is 0 Å². The van der Waals surface area contributed by atoms with Crippen molar-refractivity contribution >= 4 is 29.3 Å². The van der Waals surface area contributed by atoms with Crippen LogP contribution in [0.5, 0.6) is 0 Å². The summed E-state index contributed by atoms with van der Waals surface area (Å²) in [7, 11) is 3.43. The predicted molar refractivity (Wildman–Crippen MR) is 69.3 cm³/mol. The van der Waals surface area contributed by atoms with E-state index in [2.05, 4.69) is 0 Å². The van der Waals surface area contributed by atoms with Gasteiger partial charge in [-0.1, -0.05) is 0 Å². The van der Waals surface area contributed by atoms with Crippen molar-refractivity contribution in [3.63, 3.8) is 0 Å². The van der Waals surface area contributed by atoms with Crippen molar-refractivity contribution in [2.45, 2.75) is 29.9 Å². The molecule has 2 atom stereocenters. The molecule has 1 aliphatic heterocycles. The van der Waals surface area contributed by atoms with Crippen LogP contribution in [0.15, 0.2) is 0 Å². The van der Waals surface area contributed by atoms with E-state index >= 15 is 0 Å². The van der Waals surface area contributed by atoms with Crippen LogP contribution in [0.25, 0.3) is 0 Å². The maximum absolute atomic E-state index is 12.2. The summed E-state index contributed by atoms with van der Waals surface area (Å²) in [5.74, 6) is 1.27. The van der Waals surface area contributed by atoms with Gasteiger partial charge in [0.2, 0.25) is 5.91 Å². The van der Waals surface area contributed by atoms with Gasteiger partial charge in [0.25, 0.3) is 0 Å². The van der Waals surface area contributed by atoms with E-state index in [1.807, 2.05) is 14.0 Å². The highest BCUT2D eigenvalue weighted by atomic mass is 35.5. The van der Waals surface area contributed by atoms with E-state index in [0.29, 0.717) is 13.2 Å². The highest BCUT2D eigenvalue weighted by molar-refractivity contribution is 8.01. The maximum Gasteiger partial charge on any atom is 0.238 e. The molecule has 0 aromatic rings. The molecule has 94 valence electrons. The molecular formula is C11H20ClNO2S. The summed E-state index contributed by atoms with van der Waals surface area (Å²) >= 11 is 7.80. The van der Waals surface area contributed by atoms with Crippen LogP contribution in [0.3, 0.4) is 0 Å².